The molecular weight excluding hydrogens is 286 g/mol. The Morgan fingerprint density at radius 1 is 1.47 bits per heavy atom. The minimum atomic E-state index is -0.406. The summed E-state index contributed by atoms with van der Waals surface area (Å²) in [7, 11) is 0. The molecule has 1 rings (SSSR count). The van der Waals surface area contributed by atoms with Crippen LogP contribution >= 0.6 is 15.9 Å². The lowest BCUT2D eigenvalue weighted by Crippen LogP contribution is -2.37. The monoisotopic (exact) mass is 303 g/mol. The van der Waals surface area contributed by atoms with Crippen LogP contribution in [0.4, 0.5) is 0 Å². The van der Waals surface area contributed by atoms with E-state index >= 15 is 0 Å². The molecule has 17 heavy (non-hydrogen) atoms. The Hall–Kier alpha value is -0.570. The molecule has 0 N–H and O–H groups in total. The fourth-order valence-electron chi connectivity index (χ4n) is 1.77. The largest absolute Gasteiger partial charge is 0.474 e. The Kier molecular flexibility index (Phi) is 5.96. The Morgan fingerprint density at radius 2 is 2.06 bits per heavy atom. The molecule has 1 aliphatic rings. The second kappa shape index (κ2) is 7.00. The lowest BCUT2D eigenvalue weighted by Gasteiger charge is -2.32. The zero-order chi connectivity index (χ0) is 12.8. The summed E-state index contributed by atoms with van der Waals surface area (Å²) in [5, 5.41) is 8.99. The molecule has 0 spiro atoms. The highest BCUT2D eigenvalue weighted by molar-refractivity contribution is 9.11. The van der Waals surface area contributed by atoms with Crippen LogP contribution in [-0.4, -0.2) is 25.6 Å². The summed E-state index contributed by atoms with van der Waals surface area (Å²) < 4.78 is 17.4. The summed E-state index contributed by atoms with van der Waals surface area (Å²) in [4.78, 5) is 0. The van der Waals surface area contributed by atoms with Crippen LogP contribution in [0.2, 0.25) is 0 Å². The SMILES string of the molecule is CCOC(OCC)[C@@H]1C[C@H](C)C(Br)=C(C#N)O1. The van der Waals surface area contributed by atoms with Crippen LogP contribution in [0.15, 0.2) is 10.2 Å². The van der Waals surface area contributed by atoms with Crippen molar-refractivity contribution in [2.75, 3.05) is 13.2 Å². The zero-order valence-electron chi connectivity index (χ0n) is 10.4. The number of nitriles is 1. The molecule has 0 saturated carbocycles. The van der Waals surface area contributed by atoms with Crippen molar-refractivity contribution in [3.63, 3.8) is 0 Å². The molecule has 0 aliphatic carbocycles. The van der Waals surface area contributed by atoms with Gasteiger partial charge in [0.25, 0.3) is 0 Å². The Morgan fingerprint density at radius 3 is 2.53 bits per heavy atom. The predicted octanol–water partition coefficient (Wildman–Crippen LogP) is 2.94. The van der Waals surface area contributed by atoms with Gasteiger partial charge in [-0.1, -0.05) is 22.9 Å². The lowest BCUT2D eigenvalue weighted by molar-refractivity contribution is -0.198. The summed E-state index contributed by atoms with van der Waals surface area (Å²) in [6, 6.07) is 2.05. The van der Waals surface area contributed by atoms with E-state index in [1.807, 2.05) is 20.8 Å². The number of allylic oxidation sites excluding steroid dienone is 2. The molecule has 1 aliphatic heterocycles. The second-order valence-electron chi connectivity index (χ2n) is 3.86. The number of ether oxygens (including phenoxy) is 3. The van der Waals surface area contributed by atoms with Gasteiger partial charge in [-0.2, -0.15) is 5.26 Å². The third-order valence-electron chi connectivity index (χ3n) is 2.57. The zero-order valence-corrected chi connectivity index (χ0v) is 12.0. The van der Waals surface area contributed by atoms with E-state index in [9.17, 15) is 0 Å². The van der Waals surface area contributed by atoms with Crippen LogP contribution in [0.1, 0.15) is 27.2 Å². The number of hydrogen-bond acceptors (Lipinski definition) is 4. The topological polar surface area (TPSA) is 51.5 Å². The van der Waals surface area contributed by atoms with E-state index < -0.39 is 6.29 Å². The van der Waals surface area contributed by atoms with Gasteiger partial charge in [0.05, 0.1) is 4.48 Å². The number of nitrogens with zero attached hydrogens (tertiary/aromatic N) is 1. The Labute approximate surface area is 111 Å². The quantitative estimate of drug-likeness (QED) is 0.733. The summed E-state index contributed by atoms with van der Waals surface area (Å²) >= 11 is 3.39. The third kappa shape index (κ3) is 3.70. The van der Waals surface area contributed by atoms with Gasteiger partial charge < -0.3 is 14.2 Å². The fourth-order valence-corrected chi connectivity index (χ4v) is 2.14. The maximum Gasteiger partial charge on any atom is 0.208 e. The molecule has 0 radical (unpaired) electrons. The van der Waals surface area contributed by atoms with Crippen molar-refractivity contribution in [1.82, 2.24) is 0 Å². The van der Waals surface area contributed by atoms with Crippen LogP contribution in [-0.2, 0) is 14.2 Å². The maximum absolute atomic E-state index is 8.99. The van der Waals surface area contributed by atoms with Crippen molar-refractivity contribution in [3.05, 3.63) is 10.2 Å². The molecule has 0 aromatic rings. The van der Waals surface area contributed by atoms with E-state index in [4.69, 9.17) is 19.5 Å². The molecule has 96 valence electrons. The van der Waals surface area contributed by atoms with Crippen LogP contribution in [0.3, 0.4) is 0 Å². The molecular formula is C12H18BrNO3. The Balaban J connectivity index is 2.76. The first-order valence-electron chi connectivity index (χ1n) is 5.83. The van der Waals surface area contributed by atoms with Gasteiger partial charge >= 0.3 is 0 Å². The molecule has 4 nitrogen and oxygen atoms in total. The summed E-state index contributed by atoms with van der Waals surface area (Å²) in [5.74, 6) is 0.574. The van der Waals surface area contributed by atoms with E-state index in [1.54, 1.807) is 0 Å². The highest BCUT2D eigenvalue weighted by Crippen LogP contribution is 2.34. The molecule has 0 amide bonds. The molecule has 0 bridgehead atoms. The summed E-state index contributed by atoms with van der Waals surface area (Å²) in [5.41, 5.74) is 0. The standard InChI is InChI=1S/C12H18BrNO3/c1-4-15-12(16-5-2)9-6-8(3)11(13)10(7-14)17-9/h8-9,12H,4-6H2,1-3H3/t8-,9-/m0/s1. The van der Waals surface area contributed by atoms with Gasteiger partial charge in [-0.15, -0.1) is 0 Å². The van der Waals surface area contributed by atoms with E-state index in [0.29, 0.717) is 19.0 Å². The third-order valence-corrected chi connectivity index (χ3v) is 3.71. The van der Waals surface area contributed by atoms with Crippen molar-refractivity contribution >= 4 is 15.9 Å². The average Bonchev–Trinajstić information content (AvgIpc) is 2.32. The van der Waals surface area contributed by atoms with Crippen LogP contribution < -0.4 is 0 Å². The number of halogens is 1. The van der Waals surface area contributed by atoms with Crippen molar-refractivity contribution in [2.45, 2.75) is 39.6 Å². The lowest BCUT2D eigenvalue weighted by atomic mass is 9.99. The van der Waals surface area contributed by atoms with Gasteiger partial charge in [-0.05, 0) is 26.2 Å². The molecule has 2 atom stereocenters. The first-order chi connectivity index (χ1) is 8.13. The van der Waals surface area contributed by atoms with Gasteiger partial charge in [0.15, 0.2) is 12.4 Å². The first-order valence-corrected chi connectivity index (χ1v) is 6.62. The minimum absolute atomic E-state index is 0.221. The smallest absolute Gasteiger partial charge is 0.208 e. The van der Waals surface area contributed by atoms with Gasteiger partial charge in [0, 0.05) is 13.2 Å². The van der Waals surface area contributed by atoms with Gasteiger partial charge in [-0.25, -0.2) is 0 Å². The van der Waals surface area contributed by atoms with Crippen molar-refractivity contribution < 1.29 is 14.2 Å². The molecule has 0 unspecified atom stereocenters. The summed E-state index contributed by atoms with van der Waals surface area (Å²) in [6.45, 7) is 6.99. The van der Waals surface area contributed by atoms with Gasteiger partial charge in [0.1, 0.15) is 6.07 Å². The Bertz CT molecular complexity index is 318. The summed E-state index contributed by atoms with van der Waals surface area (Å²) in [6.07, 6.45) is 0.147. The van der Waals surface area contributed by atoms with Crippen LogP contribution in [0.5, 0.6) is 0 Å². The normalized spacial score (nSPS) is 24.7. The minimum Gasteiger partial charge on any atom is -0.474 e. The molecule has 0 aromatic heterocycles. The van der Waals surface area contributed by atoms with Crippen molar-refractivity contribution in [3.8, 4) is 6.07 Å². The predicted molar refractivity (Wildman–Crippen MR) is 67.3 cm³/mol. The number of rotatable bonds is 5. The highest BCUT2D eigenvalue weighted by Gasteiger charge is 2.33. The molecule has 0 saturated heterocycles. The van der Waals surface area contributed by atoms with E-state index in [1.165, 1.54) is 0 Å². The van der Waals surface area contributed by atoms with E-state index in [0.717, 1.165) is 10.9 Å². The van der Waals surface area contributed by atoms with Gasteiger partial charge in [0.2, 0.25) is 5.76 Å². The molecule has 0 fully saturated rings. The highest BCUT2D eigenvalue weighted by atomic mass is 79.9. The molecule has 1 heterocycles. The average molecular weight is 304 g/mol. The maximum atomic E-state index is 8.99. The van der Waals surface area contributed by atoms with Crippen LogP contribution in [0.25, 0.3) is 0 Å². The van der Waals surface area contributed by atoms with Crippen molar-refractivity contribution in [1.29, 1.82) is 5.26 Å². The van der Waals surface area contributed by atoms with Crippen LogP contribution in [0, 0.1) is 17.2 Å². The fraction of sp³-hybridized carbons (Fsp3) is 0.750. The van der Waals surface area contributed by atoms with Gasteiger partial charge in [-0.3, -0.25) is 0 Å². The van der Waals surface area contributed by atoms with Crippen molar-refractivity contribution in [2.24, 2.45) is 5.92 Å². The molecule has 0 aromatic carbocycles. The van der Waals surface area contributed by atoms with E-state index in [2.05, 4.69) is 22.0 Å². The van der Waals surface area contributed by atoms with E-state index in [-0.39, 0.29) is 12.0 Å². The first kappa shape index (κ1) is 14.5. The molecule has 5 heteroatoms. The second-order valence-corrected chi connectivity index (χ2v) is 4.72. The number of hydrogen-bond donors (Lipinski definition) is 0.